The summed E-state index contributed by atoms with van der Waals surface area (Å²) in [4.78, 5) is 22.7. The number of halogens is 2. The van der Waals surface area contributed by atoms with Crippen molar-refractivity contribution in [2.75, 3.05) is 5.32 Å². The van der Waals surface area contributed by atoms with Gasteiger partial charge in [0.25, 0.3) is 11.6 Å². The molecule has 2 rings (SSSR count). The van der Waals surface area contributed by atoms with Gasteiger partial charge in [0.15, 0.2) is 0 Å². The Bertz CT molecular complexity index is 933. The maximum atomic E-state index is 12.3. The highest BCUT2D eigenvalue weighted by Crippen LogP contribution is 2.30. The van der Waals surface area contributed by atoms with Crippen LogP contribution in [-0.2, 0) is 4.79 Å². The molecule has 0 unspecified atom stereocenters. The summed E-state index contributed by atoms with van der Waals surface area (Å²) in [5, 5.41) is 23.1. The first-order valence-electron chi connectivity index (χ1n) is 6.95. The molecular formula is C17H11Cl2N3O3. The molecule has 25 heavy (non-hydrogen) atoms. The summed E-state index contributed by atoms with van der Waals surface area (Å²) in [7, 11) is 0. The van der Waals surface area contributed by atoms with E-state index in [1.54, 1.807) is 37.3 Å². The highest BCUT2D eigenvalue weighted by molar-refractivity contribution is 6.44. The van der Waals surface area contributed by atoms with E-state index in [9.17, 15) is 20.2 Å². The number of anilines is 1. The summed E-state index contributed by atoms with van der Waals surface area (Å²) >= 11 is 11.9. The SMILES string of the molecule is Cc1ccc(/C=C(/C#N)C(=O)Nc2cccc(Cl)c2Cl)cc1[N+](=O)[O-]. The van der Waals surface area contributed by atoms with Crippen LogP contribution in [0.4, 0.5) is 11.4 Å². The fourth-order valence-corrected chi connectivity index (χ4v) is 2.37. The number of nitrogens with zero attached hydrogens (tertiary/aromatic N) is 2. The minimum Gasteiger partial charge on any atom is -0.320 e. The van der Waals surface area contributed by atoms with Gasteiger partial charge in [-0.05, 0) is 30.7 Å². The Morgan fingerprint density at radius 2 is 2.04 bits per heavy atom. The van der Waals surface area contributed by atoms with Gasteiger partial charge in [-0.1, -0.05) is 41.4 Å². The van der Waals surface area contributed by atoms with E-state index < -0.39 is 10.8 Å². The van der Waals surface area contributed by atoms with Gasteiger partial charge in [0.2, 0.25) is 0 Å². The molecule has 0 spiro atoms. The number of aryl methyl sites for hydroxylation is 1. The number of nitro benzene ring substituents is 1. The fraction of sp³-hybridized carbons (Fsp3) is 0.0588. The van der Waals surface area contributed by atoms with Crippen molar-refractivity contribution in [2.45, 2.75) is 6.92 Å². The second-order valence-corrected chi connectivity index (χ2v) is 5.81. The molecule has 0 aliphatic heterocycles. The number of nitro groups is 1. The third kappa shape index (κ3) is 4.35. The van der Waals surface area contributed by atoms with Gasteiger partial charge < -0.3 is 5.32 Å². The van der Waals surface area contributed by atoms with Crippen LogP contribution in [0, 0.1) is 28.4 Å². The van der Waals surface area contributed by atoms with Crippen LogP contribution in [0.3, 0.4) is 0 Å². The maximum Gasteiger partial charge on any atom is 0.272 e. The zero-order valence-corrected chi connectivity index (χ0v) is 14.4. The summed E-state index contributed by atoms with van der Waals surface area (Å²) in [5.74, 6) is -0.699. The van der Waals surface area contributed by atoms with E-state index in [1.165, 1.54) is 18.2 Å². The third-order valence-corrected chi connectivity index (χ3v) is 4.12. The van der Waals surface area contributed by atoms with E-state index in [0.29, 0.717) is 11.1 Å². The van der Waals surface area contributed by atoms with Crippen molar-refractivity contribution in [1.29, 1.82) is 5.26 Å². The number of hydrogen-bond acceptors (Lipinski definition) is 4. The van der Waals surface area contributed by atoms with Crippen LogP contribution in [0.1, 0.15) is 11.1 Å². The van der Waals surface area contributed by atoms with Crippen LogP contribution in [0.2, 0.25) is 10.0 Å². The second kappa shape index (κ2) is 7.79. The van der Waals surface area contributed by atoms with Crippen LogP contribution in [0.25, 0.3) is 6.08 Å². The van der Waals surface area contributed by atoms with Gasteiger partial charge in [-0.3, -0.25) is 14.9 Å². The fourth-order valence-electron chi connectivity index (χ4n) is 2.02. The number of carbonyl (C=O) groups is 1. The number of amides is 1. The van der Waals surface area contributed by atoms with E-state index in [2.05, 4.69) is 5.32 Å². The Kier molecular flexibility index (Phi) is 5.75. The zero-order chi connectivity index (χ0) is 18.6. The van der Waals surface area contributed by atoms with Gasteiger partial charge in [0.1, 0.15) is 11.6 Å². The Balaban J connectivity index is 2.33. The van der Waals surface area contributed by atoms with Gasteiger partial charge in [-0.15, -0.1) is 0 Å². The minimum absolute atomic E-state index is 0.0932. The van der Waals surface area contributed by atoms with Gasteiger partial charge >= 0.3 is 0 Å². The lowest BCUT2D eigenvalue weighted by atomic mass is 10.1. The van der Waals surface area contributed by atoms with Crippen LogP contribution in [0.5, 0.6) is 0 Å². The summed E-state index contributed by atoms with van der Waals surface area (Å²) in [6.45, 7) is 1.60. The first kappa shape index (κ1) is 18.5. The number of hydrogen-bond donors (Lipinski definition) is 1. The average molecular weight is 376 g/mol. The highest BCUT2D eigenvalue weighted by Gasteiger charge is 2.15. The molecule has 0 atom stereocenters. The monoisotopic (exact) mass is 375 g/mol. The minimum atomic E-state index is -0.699. The van der Waals surface area contributed by atoms with Crippen molar-refractivity contribution in [3.05, 3.63) is 73.3 Å². The summed E-state index contributed by atoms with van der Waals surface area (Å²) < 4.78 is 0. The Morgan fingerprint density at radius 1 is 1.32 bits per heavy atom. The first-order chi connectivity index (χ1) is 11.8. The van der Waals surface area contributed by atoms with Gasteiger partial charge in [0.05, 0.1) is 20.7 Å². The van der Waals surface area contributed by atoms with E-state index in [4.69, 9.17) is 23.2 Å². The van der Waals surface area contributed by atoms with E-state index >= 15 is 0 Å². The molecule has 0 saturated heterocycles. The van der Waals surface area contributed by atoms with E-state index in [-0.39, 0.29) is 27.0 Å². The largest absolute Gasteiger partial charge is 0.320 e. The topological polar surface area (TPSA) is 96.0 Å². The number of benzene rings is 2. The first-order valence-corrected chi connectivity index (χ1v) is 7.71. The normalized spacial score (nSPS) is 10.9. The number of nitrogens with one attached hydrogen (secondary N) is 1. The maximum absolute atomic E-state index is 12.3. The molecule has 0 saturated carbocycles. The van der Waals surface area contributed by atoms with Crippen LogP contribution < -0.4 is 5.32 Å². The Labute approximate surface area is 153 Å². The van der Waals surface area contributed by atoms with E-state index in [1.807, 2.05) is 0 Å². The molecule has 0 aromatic heterocycles. The predicted molar refractivity (Wildman–Crippen MR) is 96.5 cm³/mol. The molecular weight excluding hydrogens is 365 g/mol. The number of carbonyl (C=O) groups excluding carboxylic acids is 1. The molecule has 0 fully saturated rings. The molecule has 6 nitrogen and oxygen atoms in total. The van der Waals surface area contributed by atoms with Gasteiger partial charge in [0, 0.05) is 11.6 Å². The second-order valence-electron chi connectivity index (χ2n) is 5.03. The number of rotatable bonds is 4. The molecule has 1 amide bonds. The van der Waals surface area contributed by atoms with Crippen molar-refractivity contribution in [3.8, 4) is 6.07 Å². The predicted octanol–water partition coefficient (Wildman–Crippen LogP) is 4.76. The Morgan fingerprint density at radius 3 is 2.68 bits per heavy atom. The van der Waals surface area contributed by atoms with Crippen LogP contribution in [0.15, 0.2) is 42.0 Å². The average Bonchev–Trinajstić information content (AvgIpc) is 2.57. The van der Waals surface area contributed by atoms with Crippen LogP contribution in [-0.4, -0.2) is 10.8 Å². The summed E-state index contributed by atoms with van der Waals surface area (Å²) in [6, 6.07) is 10.9. The van der Waals surface area contributed by atoms with Gasteiger partial charge in [-0.25, -0.2) is 0 Å². The van der Waals surface area contributed by atoms with Crippen LogP contribution >= 0.6 is 23.2 Å². The lowest BCUT2D eigenvalue weighted by molar-refractivity contribution is -0.385. The highest BCUT2D eigenvalue weighted by atomic mass is 35.5. The lowest BCUT2D eigenvalue weighted by Crippen LogP contribution is -2.13. The lowest BCUT2D eigenvalue weighted by Gasteiger charge is -2.07. The molecule has 1 N–H and O–H groups in total. The number of nitriles is 1. The zero-order valence-electron chi connectivity index (χ0n) is 12.9. The van der Waals surface area contributed by atoms with Gasteiger partial charge in [-0.2, -0.15) is 5.26 Å². The van der Waals surface area contributed by atoms with Crippen molar-refractivity contribution >= 4 is 46.6 Å². The third-order valence-electron chi connectivity index (χ3n) is 3.31. The van der Waals surface area contributed by atoms with Crippen molar-refractivity contribution in [2.24, 2.45) is 0 Å². The van der Waals surface area contributed by atoms with Crippen molar-refractivity contribution in [3.63, 3.8) is 0 Å². The summed E-state index contributed by atoms with van der Waals surface area (Å²) in [5.41, 5.74) is 0.783. The molecule has 126 valence electrons. The molecule has 0 radical (unpaired) electrons. The van der Waals surface area contributed by atoms with Crippen molar-refractivity contribution < 1.29 is 9.72 Å². The molecule has 0 heterocycles. The van der Waals surface area contributed by atoms with E-state index in [0.717, 1.165) is 0 Å². The summed E-state index contributed by atoms with van der Waals surface area (Å²) in [6.07, 6.45) is 1.26. The molecule has 0 bridgehead atoms. The smallest absolute Gasteiger partial charge is 0.272 e. The quantitative estimate of drug-likeness (QED) is 0.360. The molecule has 8 heteroatoms. The molecule has 2 aromatic carbocycles. The molecule has 0 aliphatic carbocycles. The molecule has 0 aliphatic rings. The van der Waals surface area contributed by atoms with Crippen molar-refractivity contribution in [1.82, 2.24) is 0 Å². The Hall–Kier alpha value is -2.88. The molecule has 2 aromatic rings. The standard InChI is InChI=1S/C17H11Cl2N3O3/c1-10-5-6-11(8-15(10)22(24)25)7-12(9-20)17(23)21-14-4-2-3-13(18)16(14)19/h2-8H,1H3,(H,21,23)/b12-7-.